The van der Waals surface area contributed by atoms with Crippen LogP contribution in [-0.2, 0) is 11.2 Å². The van der Waals surface area contributed by atoms with Crippen molar-refractivity contribution in [1.29, 1.82) is 0 Å². The summed E-state index contributed by atoms with van der Waals surface area (Å²) in [6, 6.07) is 15.5. The Balaban J connectivity index is 1.90. The lowest BCUT2D eigenvalue weighted by molar-refractivity contribution is 0.0505. The number of hydrogen-bond acceptors (Lipinski definition) is 3. The van der Waals surface area contributed by atoms with E-state index in [1.807, 2.05) is 48.7 Å². The summed E-state index contributed by atoms with van der Waals surface area (Å²) in [4.78, 5) is 13.0. The van der Waals surface area contributed by atoms with Gasteiger partial charge < -0.3 is 4.74 Å². The van der Waals surface area contributed by atoms with Gasteiger partial charge in [0.15, 0.2) is 0 Å². The van der Waals surface area contributed by atoms with Crippen molar-refractivity contribution in [2.24, 2.45) is 0 Å². The Morgan fingerprint density at radius 1 is 1.15 bits per heavy atom. The summed E-state index contributed by atoms with van der Waals surface area (Å²) in [6.45, 7) is 0.392. The molecule has 2 nitrogen and oxygen atoms in total. The molecule has 0 radical (unpaired) electrons. The van der Waals surface area contributed by atoms with Crippen LogP contribution in [0.2, 0.25) is 0 Å². The maximum Gasteiger partial charge on any atom is 0.339 e. The Bertz CT molecular complexity index is 581. The van der Waals surface area contributed by atoms with Crippen LogP contribution in [0.5, 0.6) is 0 Å². The van der Waals surface area contributed by atoms with Crippen molar-refractivity contribution in [2.75, 3.05) is 12.9 Å². The minimum Gasteiger partial charge on any atom is -0.462 e. The van der Waals surface area contributed by atoms with Crippen LogP contribution >= 0.6 is 27.7 Å². The Morgan fingerprint density at radius 3 is 2.55 bits per heavy atom. The normalized spacial score (nSPS) is 10.3. The highest BCUT2D eigenvalue weighted by molar-refractivity contribution is 9.10. The number of halogens is 1. The molecule has 2 aromatic carbocycles. The van der Waals surface area contributed by atoms with Crippen molar-refractivity contribution in [3.05, 3.63) is 64.1 Å². The minimum absolute atomic E-state index is 0.257. The molecule has 2 rings (SSSR count). The fourth-order valence-electron chi connectivity index (χ4n) is 1.80. The number of esters is 1. The number of thioether (sulfide) groups is 1. The number of carbonyl (C=O) groups is 1. The highest BCUT2D eigenvalue weighted by Crippen LogP contribution is 2.20. The molecule has 0 spiro atoms. The second kappa shape index (κ2) is 7.50. The monoisotopic (exact) mass is 350 g/mol. The third kappa shape index (κ3) is 4.12. The van der Waals surface area contributed by atoms with Gasteiger partial charge in [-0.15, -0.1) is 11.8 Å². The summed E-state index contributed by atoms with van der Waals surface area (Å²) in [5, 5.41) is 0. The molecule has 0 aliphatic carbocycles. The molecule has 0 heterocycles. The zero-order valence-corrected chi connectivity index (χ0v) is 13.5. The fourth-order valence-corrected chi connectivity index (χ4v) is 2.65. The number of benzene rings is 2. The summed E-state index contributed by atoms with van der Waals surface area (Å²) in [5.74, 6) is -0.257. The van der Waals surface area contributed by atoms with E-state index in [1.54, 1.807) is 17.8 Å². The van der Waals surface area contributed by atoms with E-state index >= 15 is 0 Å². The molecule has 0 saturated carbocycles. The van der Waals surface area contributed by atoms with Crippen LogP contribution in [0, 0.1) is 0 Å². The van der Waals surface area contributed by atoms with Crippen molar-refractivity contribution in [1.82, 2.24) is 0 Å². The van der Waals surface area contributed by atoms with Crippen LogP contribution in [0.25, 0.3) is 0 Å². The first-order valence-electron chi connectivity index (χ1n) is 6.25. The summed E-state index contributed by atoms with van der Waals surface area (Å²) in [5.41, 5.74) is 1.79. The van der Waals surface area contributed by atoms with Gasteiger partial charge in [0, 0.05) is 15.8 Å². The molecule has 0 N–H and O–H groups in total. The molecule has 0 amide bonds. The summed E-state index contributed by atoms with van der Waals surface area (Å²) >= 11 is 4.94. The Hall–Kier alpha value is -1.26. The van der Waals surface area contributed by atoms with Gasteiger partial charge in [0.1, 0.15) is 0 Å². The molecule has 0 fully saturated rings. The topological polar surface area (TPSA) is 26.3 Å². The van der Waals surface area contributed by atoms with Crippen LogP contribution in [0.3, 0.4) is 0 Å². The van der Waals surface area contributed by atoms with E-state index in [-0.39, 0.29) is 5.97 Å². The predicted molar refractivity (Wildman–Crippen MR) is 86.4 cm³/mol. The molecule has 0 aliphatic rings. The van der Waals surface area contributed by atoms with Crippen LogP contribution in [0.4, 0.5) is 0 Å². The summed E-state index contributed by atoms with van der Waals surface area (Å²) in [7, 11) is 0. The first-order valence-corrected chi connectivity index (χ1v) is 8.27. The van der Waals surface area contributed by atoms with Crippen LogP contribution < -0.4 is 0 Å². The average Bonchev–Trinajstić information content (AvgIpc) is 2.49. The van der Waals surface area contributed by atoms with E-state index in [9.17, 15) is 4.79 Å². The smallest absolute Gasteiger partial charge is 0.339 e. The maximum atomic E-state index is 12.0. The lowest BCUT2D eigenvalue weighted by Crippen LogP contribution is -2.09. The first-order chi connectivity index (χ1) is 9.70. The average molecular weight is 351 g/mol. The molecule has 0 atom stereocenters. The SMILES string of the molecule is CSc1ccccc1C(=O)OCCc1ccc(Br)cc1. The van der Waals surface area contributed by atoms with Gasteiger partial charge >= 0.3 is 5.97 Å². The third-order valence-electron chi connectivity index (χ3n) is 2.86. The molecule has 0 saturated heterocycles. The van der Waals surface area contributed by atoms with Gasteiger partial charge in [-0.3, -0.25) is 0 Å². The molecule has 4 heteroatoms. The second-order valence-corrected chi connectivity index (χ2v) is 5.98. The Labute approximate surface area is 131 Å². The van der Waals surface area contributed by atoms with Gasteiger partial charge in [-0.1, -0.05) is 40.2 Å². The van der Waals surface area contributed by atoms with Gasteiger partial charge in [-0.25, -0.2) is 4.79 Å². The molecule has 20 heavy (non-hydrogen) atoms. The molecule has 104 valence electrons. The van der Waals surface area contributed by atoms with Gasteiger partial charge in [0.05, 0.1) is 12.2 Å². The minimum atomic E-state index is -0.257. The van der Waals surface area contributed by atoms with E-state index < -0.39 is 0 Å². The maximum absolute atomic E-state index is 12.0. The van der Waals surface area contributed by atoms with Crippen LogP contribution in [0.15, 0.2) is 57.9 Å². The van der Waals surface area contributed by atoms with Gasteiger partial charge in [-0.2, -0.15) is 0 Å². The van der Waals surface area contributed by atoms with Gasteiger partial charge in [-0.05, 0) is 36.1 Å². The fraction of sp³-hybridized carbons (Fsp3) is 0.188. The zero-order chi connectivity index (χ0) is 14.4. The quantitative estimate of drug-likeness (QED) is 0.583. The van der Waals surface area contributed by atoms with E-state index in [2.05, 4.69) is 15.9 Å². The van der Waals surface area contributed by atoms with Crippen molar-refractivity contribution >= 4 is 33.7 Å². The molecule has 0 aromatic heterocycles. The lowest BCUT2D eigenvalue weighted by atomic mass is 10.2. The van der Waals surface area contributed by atoms with E-state index in [1.165, 1.54) is 0 Å². The van der Waals surface area contributed by atoms with Crippen molar-refractivity contribution in [3.63, 3.8) is 0 Å². The Morgan fingerprint density at radius 2 is 1.85 bits per heavy atom. The lowest BCUT2D eigenvalue weighted by Gasteiger charge is -2.08. The standard InChI is InChI=1S/C16H15BrO2S/c1-20-15-5-3-2-4-14(15)16(18)19-11-10-12-6-8-13(17)9-7-12/h2-9H,10-11H2,1H3. The number of rotatable bonds is 5. The molecule has 0 aliphatic heterocycles. The Kier molecular flexibility index (Phi) is 5.68. The molecular formula is C16H15BrO2S. The van der Waals surface area contributed by atoms with E-state index in [0.29, 0.717) is 12.2 Å². The van der Waals surface area contributed by atoms with Gasteiger partial charge in [0.2, 0.25) is 0 Å². The molecule has 2 aromatic rings. The van der Waals surface area contributed by atoms with Crippen LogP contribution in [-0.4, -0.2) is 18.8 Å². The molecular weight excluding hydrogens is 336 g/mol. The number of ether oxygens (including phenoxy) is 1. The zero-order valence-electron chi connectivity index (χ0n) is 11.1. The molecule has 0 unspecified atom stereocenters. The van der Waals surface area contributed by atoms with E-state index in [4.69, 9.17) is 4.74 Å². The highest BCUT2D eigenvalue weighted by atomic mass is 79.9. The second-order valence-electron chi connectivity index (χ2n) is 4.21. The van der Waals surface area contributed by atoms with Crippen molar-refractivity contribution < 1.29 is 9.53 Å². The van der Waals surface area contributed by atoms with Gasteiger partial charge in [0.25, 0.3) is 0 Å². The van der Waals surface area contributed by atoms with Crippen molar-refractivity contribution in [2.45, 2.75) is 11.3 Å². The van der Waals surface area contributed by atoms with E-state index in [0.717, 1.165) is 21.4 Å². The van der Waals surface area contributed by atoms with Crippen molar-refractivity contribution in [3.8, 4) is 0 Å². The third-order valence-corrected chi connectivity index (χ3v) is 4.19. The summed E-state index contributed by atoms with van der Waals surface area (Å²) in [6.07, 6.45) is 2.67. The molecule has 0 bridgehead atoms. The van der Waals surface area contributed by atoms with Crippen LogP contribution in [0.1, 0.15) is 15.9 Å². The highest BCUT2D eigenvalue weighted by Gasteiger charge is 2.11. The largest absolute Gasteiger partial charge is 0.462 e. The predicted octanol–water partition coefficient (Wildman–Crippen LogP) is 4.57. The summed E-state index contributed by atoms with van der Waals surface area (Å²) < 4.78 is 6.39. The number of carbonyl (C=O) groups excluding carboxylic acids is 1. The number of hydrogen-bond donors (Lipinski definition) is 0. The first kappa shape index (κ1) is 15.1.